The molecule has 20 heavy (non-hydrogen) atoms. The number of aliphatic carboxylic acids is 1. The van der Waals surface area contributed by atoms with Crippen LogP contribution in [0, 0.1) is 5.92 Å². The van der Waals surface area contributed by atoms with Gasteiger partial charge in [-0.2, -0.15) is 0 Å². The fourth-order valence-electron chi connectivity index (χ4n) is 2.66. The van der Waals surface area contributed by atoms with Crippen molar-refractivity contribution in [2.75, 3.05) is 26.4 Å². The summed E-state index contributed by atoms with van der Waals surface area (Å²) in [5, 5.41) is 12.1. The largest absolute Gasteiger partial charge is 0.481 e. The average Bonchev–Trinajstić information content (AvgIpc) is 2.38. The number of rotatable bonds is 8. The summed E-state index contributed by atoms with van der Waals surface area (Å²) in [4.78, 5) is 23.1. The summed E-state index contributed by atoms with van der Waals surface area (Å²) >= 11 is 0. The van der Waals surface area contributed by atoms with Gasteiger partial charge in [0.15, 0.2) is 0 Å². The molecule has 0 bridgehead atoms. The van der Waals surface area contributed by atoms with Gasteiger partial charge in [-0.3, -0.25) is 9.59 Å². The Bertz CT molecular complexity index is 334. The normalized spacial score (nSPS) is 26.2. The molecular weight excluding hydrogens is 262 g/mol. The van der Waals surface area contributed by atoms with Crippen LogP contribution in [0.5, 0.6) is 0 Å². The molecule has 1 saturated carbocycles. The molecule has 0 saturated heterocycles. The maximum atomic E-state index is 11.8. The Morgan fingerprint density at radius 3 is 2.65 bits per heavy atom. The van der Waals surface area contributed by atoms with E-state index >= 15 is 0 Å². The van der Waals surface area contributed by atoms with Gasteiger partial charge in [0.05, 0.1) is 24.7 Å². The highest BCUT2D eigenvalue weighted by Crippen LogP contribution is 2.33. The Labute approximate surface area is 119 Å². The second-order valence-corrected chi connectivity index (χ2v) is 5.35. The number of amides is 1. The van der Waals surface area contributed by atoms with E-state index in [-0.39, 0.29) is 12.5 Å². The smallest absolute Gasteiger partial charge is 0.308 e. The molecule has 6 nitrogen and oxygen atoms in total. The van der Waals surface area contributed by atoms with E-state index in [1.54, 1.807) is 0 Å². The molecular formula is C14H25NO5. The summed E-state index contributed by atoms with van der Waals surface area (Å²) in [7, 11) is 0. The zero-order valence-corrected chi connectivity index (χ0v) is 12.3. The number of carbonyl (C=O) groups excluding carboxylic acids is 1. The Morgan fingerprint density at radius 1 is 1.30 bits per heavy atom. The van der Waals surface area contributed by atoms with Crippen LogP contribution in [-0.2, 0) is 19.1 Å². The first kappa shape index (κ1) is 16.9. The van der Waals surface area contributed by atoms with E-state index in [4.69, 9.17) is 9.47 Å². The van der Waals surface area contributed by atoms with Crippen LogP contribution in [0.25, 0.3) is 0 Å². The van der Waals surface area contributed by atoms with E-state index in [1.807, 2.05) is 13.8 Å². The van der Waals surface area contributed by atoms with Crippen molar-refractivity contribution >= 4 is 11.9 Å². The molecule has 0 aliphatic heterocycles. The lowest BCUT2D eigenvalue weighted by molar-refractivity contribution is -0.147. The van der Waals surface area contributed by atoms with Crippen LogP contribution in [0.2, 0.25) is 0 Å². The number of ether oxygens (including phenoxy) is 2. The summed E-state index contributed by atoms with van der Waals surface area (Å²) in [5.74, 6) is -1.63. The van der Waals surface area contributed by atoms with Crippen molar-refractivity contribution in [2.45, 2.75) is 45.1 Å². The van der Waals surface area contributed by atoms with Crippen molar-refractivity contribution in [1.82, 2.24) is 5.32 Å². The van der Waals surface area contributed by atoms with Gasteiger partial charge in [0.2, 0.25) is 5.91 Å². The minimum absolute atomic E-state index is 0.0605. The quantitative estimate of drug-likeness (QED) is 0.655. The van der Waals surface area contributed by atoms with Gasteiger partial charge >= 0.3 is 5.97 Å². The van der Waals surface area contributed by atoms with E-state index in [9.17, 15) is 14.7 Å². The maximum absolute atomic E-state index is 11.8. The lowest BCUT2D eigenvalue weighted by Gasteiger charge is -2.39. The lowest BCUT2D eigenvalue weighted by Crippen LogP contribution is -2.56. The summed E-state index contributed by atoms with van der Waals surface area (Å²) in [6.07, 6.45) is 3.13. The van der Waals surface area contributed by atoms with Crippen LogP contribution in [-0.4, -0.2) is 48.9 Å². The van der Waals surface area contributed by atoms with Crippen molar-refractivity contribution < 1.29 is 24.2 Å². The molecule has 0 aromatic heterocycles. The van der Waals surface area contributed by atoms with Gasteiger partial charge in [-0.15, -0.1) is 0 Å². The highest BCUT2D eigenvalue weighted by atomic mass is 16.5. The van der Waals surface area contributed by atoms with Crippen LogP contribution in [0.15, 0.2) is 0 Å². The van der Waals surface area contributed by atoms with Crippen molar-refractivity contribution in [3.8, 4) is 0 Å². The molecule has 0 spiro atoms. The van der Waals surface area contributed by atoms with E-state index in [0.29, 0.717) is 32.7 Å². The van der Waals surface area contributed by atoms with Crippen molar-refractivity contribution in [1.29, 1.82) is 0 Å². The molecule has 1 rings (SSSR count). The van der Waals surface area contributed by atoms with E-state index < -0.39 is 17.4 Å². The first-order valence-corrected chi connectivity index (χ1v) is 7.19. The Balaban J connectivity index is 2.39. The first-order valence-electron chi connectivity index (χ1n) is 7.19. The van der Waals surface area contributed by atoms with E-state index in [0.717, 1.165) is 12.8 Å². The molecule has 116 valence electrons. The number of hydrogen-bond acceptors (Lipinski definition) is 4. The van der Waals surface area contributed by atoms with Crippen LogP contribution >= 0.6 is 0 Å². The van der Waals surface area contributed by atoms with Crippen LogP contribution in [0.4, 0.5) is 0 Å². The molecule has 1 fully saturated rings. The van der Waals surface area contributed by atoms with Crippen molar-refractivity contribution in [3.05, 3.63) is 0 Å². The third kappa shape index (κ3) is 5.09. The van der Waals surface area contributed by atoms with E-state index in [2.05, 4.69) is 5.32 Å². The number of carboxylic acid groups (broad SMARTS) is 1. The number of hydrogen-bond donors (Lipinski definition) is 2. The predicted octanol–water partition coefficient (Wildman–Crippen LogP) is 1.19. The second-order valence-electron chi connectivity index (χ2n) is 5.35. The summed E-state index contributed by atoms with van der Waals surface area (Å²) in [6, 6.07) is 0. The topological polar surface area (TPSA) is 84.9 Å². The molecule has 6 heteroatoms. The van der Waals surface area contributed by atoms with Gasteiger partial charge in [-0.1, -0.05) is 12.8 Å². The third-order valence-electron chi connectivity index (χ3n) is 3.74. The monoisotopic (exact) mass is 287 g/mol. The molecule has 2 N–H and O–H groups in total. The fourth-order valence-corrected chi connectivity index (χ4v) is 2.66. The van der Waals surface area contributed by atoms with Gasteiger partial charge in [0.25, 0.3) is 0 Å². The van der Waals surface area contributed by atoms with Crippen molar-refractivity contribution in [3.63, 3.8) is 0 Å². The van der Waals surface area contributed by atoms with Gasteiger partial charge in [-0.05, 0) is 26.7 Å². The molecule has 0 heterocycles. The molecule has 1 amide bonds. The fraction of sp³-hybridized carbons (Fsp3) is 0.857. The number of nitrogens with one attached hydrogen (secondary N) is 1. The zero-order chi connectivity index (χ0) is 15.0. The summed E-state index contributed by atoms with van der Waals surface area (Å²) < 4.78 is 10.3. The molecule has 0 radical (unpaired) electrons. The highest BCUT2D eigenvalue weighted by Gasteiger charge is 2.42. The van der Waals surface area contributed by atoms with Crippen LogP contribution in [0.3, 0.4) is 0 Å². The lowest BCUT2D eigenvalue weighted by atomic mass is 9.74. The molecule has 2 unspecified atom stereocenters. The van der Waals surface area contributed by atoms with E-state index in [1.165, 1.54) is 0 Å². The molecule has 2 atom stereocenters. The molecule has 1 aliphatic carbocycles. The van der Waals surface area contributed by atoms with Gasteiger partial charge < -0.3 is 19.9 Å². The number of carboxylic acids is 1. The second kappa shape index (κ2) is 8.21. The zero-order valence-electron chi connectivity index (χ0n) is 12.3. The molecule has 1 aliphatic rings. The summed E-state index contributed by atoms with van der Waals surface area (Å²) in [6.45, 7) is 5.08. The minimum atomic E-state index is -0.843. The predicted molar refractivity (Wildman–Crippen MR) is 73.5 cm³/mol. The van der Waals surface area contributed by atoms with Crippen LogP contribution in [0.1, 0.15) is 39.5 Å². The third-order valence-corrected chi connectivity index (χ3v) is 3.74. The maximum Gasteiger partial charge on any atom is 0.308 e. The van der Waals surface area contributed by atoms with Gasteiger partial charge in [-0.25, -0.2) is 0 Å². The van der Waals surface area contributed by atoms with Gasteiger partial charge in [0.1, 0.15) is 6.61 Å². The first-order chi connectivity index (χ1) is 9.49. The Kier molecular flexibility index (Phi) is 6.95. The Hall–Kier alpha value is -1.14. The van der Waals surface area contributed by atoms with Crippen molar-refractivity contribution in [2.24, 2.45) is 5.92 Å². The van der Waals surface area contributed by atoms with Gasteiger partial charge in [0, 0.05) is 6.61 Å². The Morgan fingerprint density at radius 2 is 2.00 bits per heavy atom. The molecule has 0 aromatic rings. The molecule has 0 aromatic carbocycles. The summed E-state index contributed by atoms with van der Waals surface area (Å²) in [5.41, 5.74) is -0.676. The van der Waals surface area contributed by atoms with Crippen LogP contribution < -0.4 is 5.32 Å². The average molecular weight is 287 g/mol. The standard InChI is InChI=1S/C14H25NO5/c1-3-19-8-9-20-10-12(16)15-14(2)7-5-4-6-11(14)13(17)18/h11H,3-10H2,1-2H3,(H,15,16)(H,17,18). The SMILES string of the molecule is CCOCCOCC(=O)NC1(C)CCCCC1C(=O)O. The highest BCUT2D eigenvalue weighted by molar-refractivity contribution is 5.80. The minimum Gasteiger partial charge on any atom is -0.481 e. The number of carbonyl (C=O) groups is 2.